The molecule has 1 saturated heterocycles. The molecule has 1 unspecified atom stereocenters. The molecule has 1 aromatic carbocycles. The second-order valence-corrected chi connectivity index (χ2v) is 6.26. The number of rotatable bonds is 6. The molecule has 1 aliphatic rings. The van der Waals surface area contributed by atoms with E-state index < -0.39 is 6.61 Å². The van der Waals surface area contributed by atoms with E-state index in [1.165, 1.54) is 0 Å². The van der Waals surface area contributed by atoms with E-state index in [2.05, 4.69) is 24.9 Å². The molecular weight excluding hydrogens is 326 g/mol. The van der Waals surface area contributed by atoms with Crippen LogP contribution in [0.15, 0.2) is 36.5 Å². The minimum absolute atomic E-state index is 0.188. The molecule has 1 fully saturated rings. The van der Waals surface area contributed by atoms with Crippen LogP contribution in [0.25, 0.3) is 0 Å². The molecule has 0 bridgehead atoms. The van der Waals surface area contributed by atoms with Crippen LogP contribution < -0.4 is 10.1 Å². The van der Waals surface area contributed by atoms with Gasteiger partial charge in [-0.25, -0.2) is 9.97 Å². The number of aromatic nitrogens is 2. The average Bonchev–Trinajstić information content (AvgIpc) is 2.57. The number of aryl methyl sites for hydroxylation is 1. The van der Waals surface area contributed by atoms with Crippen molar-refractivity contribution in [1.82, 2.24) is 14.9 Å². The number of benzene rings is 1. The van der Waals surface area contributed by atoms with E-state index in [1.54, 1.807) is 18.3 Å². The third-order valence-corrected chi connectivity index (χ3v) is 4.19. The Morgan fingerprint density at radius 3 is 2.80 bits per heavy atom. The van der Waals surface area contributed by atoms with Gasteiger partial charge in [-0.15, -0.1) is 0 Å². The normalized spacial score (nSPS) is 18.3. The monoisotopic (exact) mass is 348 g/mol. The Hall–Kier alpha value is -2.28. The zero-order valence-corrected chi connectivity index (χ0v) is 14.2. The number of alkyl halides is 2. The molecule has 0 radical (unpaired) electrons. The molecule has 1 aromatic heterocycles. The van der Waals surface area contributed by atoms with Crippen molar-refractivity contribution in [2.24, 2.45) is 0 Å². The quantitative estimate of drug-likeness (QED) is 0.866. The van der Waals surface area contributed by atoms with Gasteiger partial charge in [-0.3, -0.25) is 4.90 Å². The van der Waals surface area contributed by atoms with E-state index in [9.17, 15) is 8.78 Å². The van der Waals surface area contributed by atoms with Crippen molar-refractivity contribution < 1.29 is 13.5 Å². The highest BCUT2D eigenvalue weighted by Crippen LogP contribution is 2.19. The summed E-state index contributed by atoms with van der Waals surface area (Å²) >= 11 is 0. The summed E-state index contributed by atoms with van der Waals surface area (Å²) in [6.45, 7) is 1.85. The number of hydrogen-bond acceptors (Lipinski definition) is 5. The van der Waals surface area contributed by atoms with Crippen molar-refractivity contribution in [3.8, 4) is 5.75 Å². The number of halogens is 2. The van der Waals surface area contributed by atoms with E-state index in [0.29, 0.717) is 12.0 Å². The van der Waals surface area contributed by atoms with Crippen molar-refractivity contribution >= 4 is 5.95 Å². The number of hydrogen-bond donors (Lipinski definition) is 1. The Balaban J connectivity index is 1.54. The molecule has 1 atom stereocenters. The van der Waals surface area contributed by atoms with Crippen LogP contribution in [0.1, 0.15) is 24.1 Å². The maximum atomic E-state index is 12.2. The van der Waals surface area contributed by atoms with Gasteiger partial charge in [-0.05, 0) is 50.1 Å². The van der Waals surface area contributed by atoms with E-state index in [4.69, 9.17) is 0 Å². The lowest BCUT2D eigenvalue weighted by Gasteiger charge is -2.33. The fraction of sp³-hybridized carbons (Fsp3) is 0.444. The number of piperidine rings is 1. The molecule has 0 spiro atoms. The van der Waals surface area contributed by atoms with Crippen molar-refractivity contribution in [3.63, 3.8) is 0 Å². The molecule has 0 amide bonds. The van der Waals surface area contributed by atoms with Crippen LogP contribution in [0.5, 0.6) is 5.75 Å². The highest BCUT2D eigenvalue weighted by molar-refractivity contribution is 5.28. The zero-order chi connectivity index (χ0) is 17.6. The van der Waals surface area contributed by atoms with Gasteiger partial charge < -0.3 is 10.1 Å². The number of nitrogens with zero attached hydrogens (tertiary/aromatic N) is 3. The predicted octanol–water partition coefficient (Wildman–Crippen LogP) is 3.46. The zero-order valence-electron chi connectivity index (χ0n) is 14.2. The van der Waals surface area contributed by atoms with Crippen LogP contribution in [0.3, 0.4) is 0 Å². The number of nitrogens with one attached hydrogen (secondary N) is 1. The summed E-state index contributed by atoms with van der Waals surface area (Å²) in [6.07, 6.45) is 3.93. The van der Waals surface area contributed by atoms with Gasteiger partial charge in [0.1, 0.15) is 5.75 Å². The fourth-order valence-electron chi connectivity index (χ4n) is 3.05. The van der Waals surface area contributed by atoms with Crippen LogP contribution in [-0.2, 0) is 6.54 Å². The first-order chi connectivity index (χ1) is 12.1. The second kappa shape index (κ2) is 8.20. The summed E-state index contributed by atoms with van der Waals surface area (Å²) in [4.78, 5) is 11.0. The van der Waals surface area contributed by atoms with Crippen LogP contribution in [0.2, 0.25) is 0 Å². The van der Waals surface area contributed by atoms with Crippen molar-refractivity contribution in [2.45, 2.75) is 39.0 Å². The Morgan fingerprint density at radius 1 is 1.28 bits per heavy atom. The van der Waals surface area contributed by atoms with Gasteiger partial charge in [0, 0.05) is 31.0 Å². The molecule has 2 aromatic rings. The third kappa shape index (κ3) is 5.35. The van der Waals surface area contributed by atoms with Crippen LogP contribution in [0, 0.1) is 6.92 Å². The van der Waals surface area contributed by atoms with Crippen LogP contribution >= 0.6 is 0 Å². The lowest BCUT2D eigenvalue weighted by Crippen LogP contribution is -2.41. The first-order valence-electron chi connectivity index (χ1n) is 8.41. The summed E-state index contributed by atoms with van der Waals surface area (Å²) in [6, 6.07) is 9.01. The molecular formula is C18H22F2N4O. The van der Waals surface area contributed by atoms with Gasteiger partial charge in [0.05, 0.1) is 0 Å². The van der Waals surface area contributed by atoms with Crippen LogP contribution in [0.4, 0.5) is 14.7 Å². The van der Waals surface area contributed by atoms with E-state index in [1.807, 2.05) is 25.1 Å². The largest absolute Gasteiger partial charge is 0.435 e. The van der Waals surface area contributed by atoms with E-state index >= 15 is 0 Å². The average molecular weight is 348 g/mol. The summed E-state index contributed by atoms with van der Waals surface area (Å²) in [5.74, 6) is 0.855. The standard InChI is InChI=1S/C18H22F2N4O/c1-13-8-9-21-18(22-13)23-15-3-2-10-24(12-15)11-14-4-6-16(7-5-14)25-17(19)20/h4-9,15,17H,2-3,10-12H2,1H3,(H,21,22,23). The maximum absolute atomic E-state index is 12.2. The molecule has 134 valence electrons. The van der Waals surface area contributed by atoms with Crippen molar-refractivity contribution in [2.75, 3.05) is 18.4 Å². The molecule has 1 aliphatic heterocycles. The fourth-order valence-corrected chi connectivity index (χ4v) is 3.05. The Morgan fingerprint density at radius 2 is 2.08 bits per heavy atom. The second-order valence-electron chi connectivity index (χ2n) is 6.26. The van der Waals surface area contributed by atoms with Crippen molar-refractivity contribution in [3.05, 3.63) is 47.8 Å². The maximum Gasteiger partial charge on any atom is 0.387 e. The summed E-state index contributed by atoms with van der Waals surface area (Å²) < 4.78 is 28.8. The first-order valence-corrected chi connectivity index (χ1v) is 8.41. The number of ether oxygens (including phenoxy) is 1. The van der Waals surface area contributed by atoms with Gasteiger partial charge in [0.25, 0.3) is 0 Å². The predicted molar refractivity (Wildman–Crippen MR) is 91.8 cm³/mol. The van der Waals surface area contributed by atoms with Gasteiger partial charge in [-0.2, -0.15) is 8.78 Å². The van der Waals surface area contributed by atoms with Gasteiger partial charge in [0.2, 0.25) is 5.95 Å². The van der Waals surface area contributed by atoms with Crippen LogP contribution in [-0.4, -0.2) is 40.6 Å². The minimum atomic E-state index is -2.79. The lowest BCUT2D eigenvalue weighted by molar-refractivity contribution is -0.0498. The molecule has 25 heavy (non-hydrogen) atoms. The Bertz CT molecular complexity index is 681. The summed E-state index contributed by atoms with van der Waals surface area (Å²) in [5, 5.41) is 3.40. The third-order valence-electron chi connectivity index (χ3n) is 4.19. The topological polar surface area (TPSA) is 50.3 Å². The highest BCUT2D eigenvalue weighted by atomic mass is 19.3. The molecule has 3 rings (SSSR count). The number of likely N-dealkylation sites (tertiary alicyclic amines) is 1. The summed E-state index contributed by atoms with van der Waals surface area (Å²) in [5.41, 5.74) is 2.02. The van der Waals surface area contributed by atoms with E-state index in [0.717, 1.165) is 43.7 Å². The molecule has 7 heteroatoms. The van der Waals surface area contributed by atoms with E-state index in [-0.39, 0.29) is 5.75 Å². The lowest BCUT2D eigenvalue weighted by atomic mass is 10.0. The van der Waals surface area contributed by atoms with Gasteiger partial charge in [0.15, 0.2) is 0 Å². The van der Waals surface area contributed by atoms with Gasteiger partial charge in [-0.1, -0.05) is 12.1 Å². The molecule has 0 saturated carbocycles. The summed E-state index contributed by atoms with van der Waals surface area (Å²) in [7, 11) is 0. The Labute approximate surface area is 146 Å². The first kappa shape index (κ1) is 17.5. The minimum Gasteiger partial charge on any atom is -0.435 e. The highest BCUT2D eigenvalue weighted by Gasteiger charge is 2.20. The number of anilines is 1. The molecule has 2 heterocycles. The smallest absolute Gasteiger partial charge is 0.387 e. The molecule has 1 N–H and O–H groups in total. The Kier molecular flexibility index (Phi) is 5.75. The van der Waals surface area contributed by atoms with Gasteiger partial charge >= 0.3 is 6.61 Å². The SMILES string of the molecule is Cc1ccnc(NC2CCCN(Cc3ccc(OC(F)F)cc3)C2)n1. The van der Waals surface area contributed by atoms with Crippen molar-refractivity contribution in [1.29, 1.82) is 0 Å². The molecule has 0 aliphatic carbocycles. The molecule has 5 nitrogen and oxygen atoms in total.